The second kappa shape index (κ2) is 5.52. The van der Waals surface area contributed by atoms with Gasteiger partial charge in [-0.15, -0.1) is 0 Å². The highest BCUT2D eigenvalue weighted by molar-refractivity contribution is 6.33. The minimum atomic E-state index is -0.854. The van der Waals surface area contributed by atoms with Crippen LogP contribution >= 0.6 is 11.6 Å². The Morgan fingerprint density at radius 2 is 1.90 bits per heavy atom. The van der Waals surface area contributed by atoms with Crippen molar-refractivity contribution in [2.24, 2.45) is 0 Å². The third-order valence-electron chi connectivity index (χ3n) is 4.24. The molecule has 0 heterocycles. The van der Waals surface area contributed by atoms with Gasteiger partial charge < -0.3 is 14.6 Å². The van der Waals surface area contributed by atoms with Gasteiger partial charge in [-0.1, -0.05) is 24.4 Å². The van der Waals surface area contributed by atoms with Crippen molar-refractivity contribution in [1.82, 2.24) is 0 Å². The molecule has 1 saturated carbocycles. The van der Waals surface area contributed by atoms with Gasteiger partial charge in [0.15, 0.2) is 11.5 Å². The predicted molar refractivity (Wildman–Crippen MR) is 77.1 cm³/mol. The van der Waals surface area contributed by atoms with Crippen LogP contribution in [0.1, 0.15) is 36.8 Å². The van der Waals surface area contributed by atoms with Crippen LogP contribution in [0.5, 0.6) is 11.5 Å². The fraction of sp³-hybridized carbons (Fsp3) is 0.533. The van der Waals surface area contributed by atoms with Crippen LogP contribution in [0.15, 0.2) is 6.07 Å². The largest absolute Gasteiger partial charge is 0.493 e. The van der Waals surface area contributed by atoms with Gasteiger partial charge in [0.05, 0.1) is 24.7 Å². The van der Waals surface area contributed by atoms with Crippen molar-refractivity contribution in [3.8, 4) is 11.5 Å². The van der Waals surface area contributed by atoms with Crippen molar-refractivity contribution < 1.29 is 19.4 Å². The average molecular weight is 299 g/mol. The highest BCUT2D eigenvalue weighted by Crippen LogP contribution is 2.48. The number of benzene rings is 1. The molecule has 0 atom stereocenters. The molecular weight excluding hydrogens is 280 g/mol. The summed E-state index contributed by atoms with van der Waals surface area (Å²) in [5.74, 6) is 0.140. The van der Waals surface area contributed by atoms with Crippen LogP contribution in [0, 0.1) is 6.92 Å². The lowest BCUT2D eigenvalue weighted by atomic mass is 9.76. The molecule has 110 valence electrons. The Labute approximate surface area is 123 Å². The molecule has 1 aromatic carbocycles. The lowest BCUT2D eigenvalue weighted by Gasteiger charge is -2.28. The fourth-order valence-corrected chi connectivity index (χ4v) is 3.39. The number of aliphatic carboxylic acids is 1. The van der Waals surface area contributed by atoms with E-state index in [1.54, 1.807) is 6.07 Å². The monoisotopic (exact) mass is 298 g/mol. The van der Waals surface area contributed by atoms with Crippen molar-refractivity contribution in [2.45, 2.75) is 38.0 Å². The molecule has 2 rings (SSSR count). The van der Waals surface area contributed by atoms with Gasteiger partial charge in [-0.25, -0.2) is 0 Å². The molecule has 1 N–H and O–H groups in total. The zero-order chi connectivity index (χ0) is 14.9. The Bertz CT molecular complexity index is 533. The molecule has 5 heteroatoms. The fourth-order valence-electron chi connectivity index (χ4n) is 3.12. The summed E-state index contributed by atoms with van der Waals surface area (Å²) >= 11 is 6.33. The first kappa shape index (κ1) is 15.0. The van der Waals surface area contributed by atoms with Crippen molar-refractivity contribution in [3.05, 3.63) is 22.2 Å². The number of methoxy groups -OCH3 is 2. The maximum atomic E-state index is 11.8. The van der Waals surface area contributed by atoms with Crippen molar-refractivity contribution >= 4 is 17.6 Å². The molecule has 0 amide bonds. The number of carboxylic acid groups (broad SMARTS) is 1. The van der Waals surface area contributed by atoms with Crippen LogP contribution in [0.3, 0.4) is 0 Å². The number of carbonyl (C=O) groups is 1. The van der Waals surface area contributed by atoms with E-state index in [9.17, 15) is 9.90 Å². The normalized spacial score (nSPS) is 17.0. The highest BCUT2D eigenvalue weighted by Gasteiger charge is 2.44. The molecule has 20 heavy (non-hydrogen) atoms. The Hall–Kier alpha value is -1.42. The first-order valence-corrected chi connectivity index (χ1v) is 7.00. The summed E-state index contributed by atoms with van der Waals surface area (Å²) in [6.45, 7) is 1.84. The molecule has 1 fully saturated rings. The van der Waals surface area contributed by atoms with E-state index in [0.29, 0.717) is 29.4 Å². The summed E-state index contributed by atoms with van der Waals surface area (Å²) in [5, 5.41) is 10.1. The van der Waals surface area contributed by atoms with Gasteiger partial charge in [0, 0.05) is 0 Å². The van der Waals surface area contributed by atoms with Gasteiger partial charge in [-0.05, 0) is 37.0 Å². The second-order valence-corrected chi connectivity index (χ2v) is 5.57. The molecular formula is C15H19ClO4. The Kier molecular flexibility index (Phi) is 4.14. The minimum absolute atomic E-state index is 0.425. The molecule has 0 radical (unpaired) electrons. The Morgan fingerprint density at radius 3 is 2.35 bits per heavy atom. The van der Waals surface area contributed by atoms with Crippen molar-refractivity contribution in [1.29, 1.82) is 0 Å². The summed E-state index contributed by atoms with van der Waals surface area (Å²) in [7, 11) is 3.04. The average Bonchev–Trinajstić information content (AvgIpc) is 2.92. The Morgan fingerprint density at radius 1 is 1.30 bits per heavy atom. The highest BCUT2D eigenvalue weighted by atomic mass is 35.5. The van der Waals surface area contributed by atoms with Crippen LogP contribution < -0.4 is 9.47 Å². The van der Waals surface area contributed by atoms with Gasteiger partial charge in [-0.3, -0.25) is 4.79 Å². The van der Waals surface area contributed by atoms with E-state index in [-0.39, 0.29) is 0 Å². The standard InChI is InChI=1S/C15H19ClO4/c1-9-10(15(14(17)18)6-4-5-7-15)8-11(19-2)13(20-3)12(9)16/h8H,4-7H2,1-3H3,(H,17,18). The molecule has 0 unspecified atom stereocenters. The van der Waals surface area contributed by atoms with Crippen LogP contribution in [-0.4, -0.2) is 25.3 Å². The topological polar surface area (TPSA) is 55.8 Å². The number of carboxylic acids is 1. The number of hydrogen-bond acceptors (Lipinski definition) is 3. The molecule has 1 aliphatic carbocycles. The lowest BCUT2D eigenvalue weighted by Crippen LogP contribution is -2.33. The van der Waals surface area contributed by atoms with E-state index >= 15 is 0 Å². The molecule has 0 aromatic heterocycles. The lowest BCUT2D eigenvalue weighted by molar-refractivity contribution is -0.143. The molecule has 0 bridgehead atoms. The number of ether oxygens (including phenoxy) is 2. The maximum Gasteiger partial charge on any atom is 0.314 e. The zero-order valence-electron chi connectivity index (χ0n) is 12.0. The maximum absolute atomic E-state index is 11.8. The van der Waals surface area contributed by atoms with E-state index in [1.807, 2.05) is 6.92 Å². The summed E-state index contributed by atoms with van der Waals surface area (Å²) in [6, 6.07) is 1.76. The van der Waals surface area contributed by atoms with Gasteiger partial charge in [0.2, 0.25) is 0 Å². The third-order valence-corrected chi connectivity index (χ3v) is 4.69. The summed E-state index contributed by atoms with van der Waals surface area (Å²) < 4.78 is 10.5. The number of rotatable bonds is 4. The summed E-state index contributed by atoms with van der Waals surface area (Å²) in [4.78, 5) is 11.8. The van der Waals surface area contributed by atoms with Crippen LogP contribution in [0.25, 0.3) is 0 Å². The van der Waals surface area contributed by atoms with Gasteiger partial charge in [-0.2, -0.15) is 0 Å². The smallest absolute Gasteiger partial charge is 0.314 e. The Balaban J connectivity index is 2.68. The number of hydrogen-bond donors (Lipinski definition) is 1. The van der Waals surface area contributed by atoms with Gasteiger partial charge in [0.1, 0.15) is 0 Å². The van der Waals surface area contributed by atoms with Gasteiger partial charge >= 0.3 is 5.97 Å². The first-order valence-electron chi connectivity index (χ1n) is 6.63. The summed E-state index contributed by atoms with van der Waals surface area (Å²) in [6.07, 6.45) is 3.10. The predicted octanol–water partition coefficient (Wildman–Crippen LogP) is 3.56. The van der Waals surface area contributed by atoms with Crippen LogP contribution in [-0.2, 0) is 10.2 Å². The first-order chi connectivity index (χ1) is 9.47. The molecule has 0 aliphatic heterocycles. The third kappa shape index (κ3) is 2.12. The van der Waals surface area contributed by atoms with E-state index < -0.39 is 11.4 Å². The van der Waals surface area contributed by atoms with Crippen LogP contribution in [0.4, 0.5) is 0 Å². The van der Waals surface area contributed by atoms with Crippen LogP contribution in [0.2, 0.25) is 5.02 Å². The van der Waals surface area contributed by atoms with Crippen molar-refractivity contribution in [3.63, 3.8) is 0 Å². The van der Waals surface area contributed by atoms with Crippen molar-refractivity contribution in [2.75, 3.05) is 14.2 Å². The zero-order valence-corrected chi connectivity index (χ0v) is 12.7. The van der Waals surface area contributed by atoms with E-state index in [4.69, 9.17) is 21.1 Å². The quantitative estimate of drug-likeness (QED) is 0.923. The molecule has 1 aliphatic rings. The van der Waals surface area contributed by atoms with E-state index in [2.05, 4.69) is 0 Å². The van der Waals surface area contributed by atoms with Gasteiger partial charge in [0.25, 0.3) is 0 Å². The number of halogens is 1. The molecule has 0 spiro atoms. The molecule has 4 nitrogen and oxygen atoms in total. The SMILES string of the molecule is COc1cc(C2(C(=O)O)CCCC2)c(C)c(Cl)c1OC. The molecule has 1 aromatic rings. The molecule has 0 saturated heterocycles. The summed E-state index contributed by atoms with van der Waals surface area (Å²) in [5.41, 5.74) is 0.645. The van der Waals surface area contributed by atoms with E-state index in [1.165, 1.54) is 14.2 Å². The van der Waals surface area contributed by atoms with E-state index in [0.717, 1.165) is 24.0 Å². The second-order valence-electron chi connectivity index (χ2n) is 5.19. The minimum Gasteiger partial charge on any atom is -0.493 e.